The van der Waals surface area contributed by atoms with E-state index in [9.17, 15) is 0 Å². The van der Waals surface area contributed by atoms with Crippen molar-refractivity contribution >= 4 is 15.9 Å². The van der Waals surface area contributed by atoms with Crippen LogP contribution in [0.5, 0.6) is 5.75 Å². The topological polar surface area (TPSA) is 21.3 Å². The van der Waals surface area contributed by atoms with Gasteiger partial charge in [-0.15, -0.1) is 0 Å². The zero-order chi connectivity index (χ0) is 17.2. The molecule has 0 bridgehead atoms. The summed E-state index contributed by atoms with van der Waals surface area (Å²) in [6.07, 6.45) is 5.14. The average molecular weight is 390 g/mol. The van der Waals surface area contributed by atoms with Gasteiger partial charge in [-0.3, -0.25) is 0 Å². The molecule has 24 heavy (non-hydrogen) atoms. The minimum atomic E-state index is 0.604. The Morgan fingerprint density at radius 1 is 1.04 bits per heavy atom. The molecule has 0 saturated carbocycles. The van der Waals surface area contributed by atoms with Gasteiger partial charge in [-0.25, -0.2) is 0 Å². The maximum Gasteiger partial charge on any atom is 0.124 e. The summed E-state index contributed by atoms with van der Waals surface area (Å²) >= 11 is 3.56. The van der Waals surface area contributed by atoms with E-state index in [1.807, 2.05) is 12.1 Å². The molecule has 0 atom stereocenters. The first-order chi connectivity index (χ1) is 11.7. The molecule has 1 N–H and O–H groups in total. The fourth-order valence-electron chi connectivity index (χ4n) is 2.69. The third kappa shape index (κ3) is 6.66. The van der Waals surface area contributed by atoms with E-state index in [-0.39, 0.29) is 0 Å². The van der Waals surface area contributed by atoms with Crippen LogP contribution in [0.3, 0.4) is 0 Å². The quantitative estimate of drug-likeness (QED) is 0.502. The molecule has 0 aromatic heterocycles. The summed E-state index contributed by atoms with van der Waals surface area (Å²) in [5.41, 5.74) is 3.67. The van der Waals surface area contributed by atoms with E-state index in [1.54, 1.807) is 0 Å². The highest BCUT2D eigenvalue weighted by molar-refractivity contribution is 9.10. The zero-order valence-electron chi connectivity index (χ0n) is 14.8. The van der Waals surface area contributed by atoms with E-state index in [0.29, 0.717) is 6.61 Å². The molecule has 3 heteroatoms. The molecule has 0 aliphatic carbocycles. The zero-order valence-corrected chi connectivity index (χ0v) is 16.4. The van der Waals surface area contributed by atoms with Gasteiger partial charge in [-0.05, 0) is 43.7 Å². The fraction of sp³-hybridized carbons (Fsp3) is 0.429. The lowest BCUT2D eigenvalue weighted by Gasteiger charge is -2.13. The van der Waals surface area contributed by atoms with Gasteiger partial charge in [0.15, 0.2) is 0 Å². The van der Waals surface area contributed by atoms with Crippen molar-refractivity contribution in [2.75, 3.05) is 6.54 Å². The van der Waals surface area contributed by atoms with E-state index >= 15 is 0 Å². The van der Waals surface area contributed by atoms with Crippen molar-refractivity contribution in [1.29, 1.82) is 0 Å². The molecule has 0 aliphatic rings. The van der Waals surface area contributed by atoms with Crippen LogP contribution < -0.4 is 10.1 Å². The molecule has 0 aliphatic heterocycles. The molecule has 2 rings (SSSR count). The van der Waals surface area contributed by atoms with Crippen molar-refractivity contribution in [2.24, 2.45) is 0 Å². The molecule has 0 spiro atoms. The van der Waals surface area contributed by atoms with Crippen LogP contribution in [0.15, 0.2) is 46.9 Å². The van der Waals surface area contributed by atoms with Crippen molar-refractivity contribution in [2.45, 2.75) is 52.7 Å². The van der Waals surface area contributed by atoms with Crippen LogP contribution in [0.1, 0.15) is 49.3 Å². The Morgan fingerprint density at radius 3 is 2.71 bits per heavy atom. The largest absolute Gasteiger partial charge is 0.489 e. The monoisotopic (exact) mass is 389 g/mol. The summed E-state index contributed by atoms with van der Waals surface area (Å²) in [7, 11) is 0. The van der Waals surface area contributed by atoms with Gasteiger partial charge < -0.3 is 10.1 Å². The molecule has 2 nitrogen and oxygen atoms in total. The summed E-state index contributed by atoms with van der Waals surface area (Å²) in [6, 6.07) is 14.7. The summed E-state index contributed by atoms with van der Waals surface area (Å²) < 4.78 is 7.16. The Hall–Kier alpha value is -1.32. The highest BCUT2D eigenvalue weighted by Crippen LogP contribution is 2.24. The fourth-order valence-corrected chi connectivity index (χ4v) is 3.10. The number of halogens is 1. The Labute approximate surface area is 154 Å². The van der Waals surface area contributed by atoms with Gasteiger partial charge >= 0.3 is 0 Å². The van der Waals surface area contributed by atoms with Crippen molar-refractivity contribution in [3.63, 3.8) is 0 Å². The number of hydrogen-bond donors (Lipinski definition) is 1. The second kappa shape index (κ2) is 10.5. The highest BCUT2D eigenvalue weighted by Gasteiger charge is 2.05. The van der Waals surface area contributed by atoms with E-state index in [1.165, 1.54) is 42.4 Å². The van der Waals surface area contributed by atoms with E-state index in [4.69, 9.17) is 4.74 Å². The number of hydrogen-bond acceptors (Lipinski definition) is 2. The summed E-state index contributed by atoms with van der Waals surface area (Å²) in [5.74, 6) is 0.959. The van der Waals surface area contributed by atoms with Crippen molar-refractivity contribution < 1.29 is 4.74 Å². The minimum Gasteiger partial charge on any atom is -0.489 e. The Balaban J connectivity index is 1.89. The summed E-state index contributed by atoms with van der Waals surface area (Å²) in [5, 5.41) is 3.53. The van der Waals surface area contributed by atoms with E-state index in [0.717, 1.165) is 23.3 Å². The Bertz CT molecular complexity index is 627. The molecule has 0 unspecified atom stereocenters. The standard InChI is InChI=1S/C21H28BrNO/c1-3-4-5-6-12-23-15-19-14-20(22)10-11-21(19)24-16-18-9-7-8-17(2)13-18/h7-11,13-14,23H,3-6,12,15-16H2,1-2H3. The molecule has 0 heterocycles. The first-order valence-electron chi connectivity index (χ1n) is 8.86. The molecule has 130 valence electrons. The van der Waals surface area contributed by atoms with Crippen LogP contribution in [-0.4, -0.2) is 6.54 Å². The van der Waals surface area contributed by atoms with E-state index in [2.05, 4.69) is 65.4 Å². The van der Waals surface area contributed by atoms with Crippen molar-refractivity contribution in [3.8, 4) is 5.75 Å². The maximum absolute atomic E-state index is 6.07. The molecular weight excluding hydrogens is 362 g/mol. The van der Waals surface area contributed by atoms with Crippen molar-refractivity contribution in [3.05, 3.63) is 63.6 Å². The summed E-state index contributed by atoms with van der Waals surface area (Å²) in [6.45, 7) is 6.86. The second-order valence-corrected chi connectivity index (χ2v) is 7.18. The minimum absolute atomic E-state index is 0.604. The SMILES string of the molecule is CCCCCCNCc1cc(Br)ccc1OCc1cccc(C)c1. The highest BCUT2D eigenvalue weighted by atomic mass is 79.9. The first kappa shape index (κ1) is 19.0. The third-order valence-corrected chi connectivity index (χ3v) is 4.52. The van der Waals surface area contributed by atoms with Gasteiger partial charge in [0.2, 0.25) is 0 Å². The number of unbranched alkanes of at least 4 members (excludes halogenated alkanes) is 3. The normalized spacial score (nSPS) is 10.8. The number of aryl methyl sites for hydroxylation is 1. The van der Waals surface area contributed by atoms with Gasteiger partial charge in [-0.2, -0.15) is 0 Å². The third-order valence-electron chi connectivity index (χ3n) is 4.02. The number of ether oxygens (including phenoxy) is 1. The number of rotatable bonds is 10. The van der Waals surface area contributed by atoms with Crippen LogP contribution in [0.2, 0.25) is 0 Å². The average Bonchev–Trinajstić information content (AvgIpc) is 2.57. The van der Waals surface area contributed by atoms with Gasteiger partial charge in [0.25, 0.3) is 0 Å². The van der Waals surface area contributed by atoms with E-state index < -0.39 is 0 Å². The number of benzene rings is 2. The molecule has 0 saturated heterocycles. The maximum atomic E-state index is 6.07. The predicted octanol–water partition coefficient (Wildman–Crippen LogP) is 6.01. The second-order valence-electron chi connectivity index (χ2n) is 6.27. The molecule has 0 amide bonds. The number of nitrogens with one attached hydrogen (secondary N) is 1. The molecule has 0 radical (unpaired) electrons. The predicted molar refractivity (Wildman–Crippen MR) is 106 cm³/mol. The van der Waals surface area contributed by atoms with Crippen LogP contribution in [0.25, 0.3) is 0 Å². The lowest BCUT2D eigenvalue weighted by atomic mass is 10.1. The molecule has 2 aromatic rings. The lowest BCUT2D eigenvalue weighted by molar-refractivity contribution is 0.302. The van der Waals surface area contributed by atoms with Crippen LogP contribution in [0, 0.1) is 6.92 Å². The van der Waals surface area contributed by atoms with Gasteiger partial charge in [-0.1, -0.05) is 71.9 Å². The molecule has 2 aromatic carbocycles. The lowest BCUT2D eigenvalue weighted by Crippen LogP contribution is -2.15. The van der Waals surface area contributed by atoms with Crippen LogP contribution in [0.4, 0.5) is 0 Å². The first-order valence-corrected chi connectivity index (χ1v) is 9.66. The Morgan fingerprint density at radius 2 is 1.92 bits per heavy atom. The smallest absolute Gasteiger partial charge is 0.124 e. The van der Waals surface area contributed by atoms with Crippen LogP contribution >= 0.6 is 15.9 Å². The van der Waals surface area contributed by atoms with Gasteiger partial charge in [0.05, 0.1) is 0 Å². The Kier molecular flexibility index (Phi) is 8.34. The molecular formula is C21H28BrNO. The molecule has 0 fully saturated rings. The van der Waals surface area contributed by atoms with Crippen molar-refractivity contribution in [1.82, 2.24) is 5.32 Å². The van der Waals surface area contributed by atoms with Crippen LogP contribution in [-0.2, 0) is 13.2 Å². The van der Waals surface area contributed by atoms with Gasteiger partial charge in [0, 0.05) is 16.6 Å². The van der Waals surface area contributed by atoms with Gasteiger partial charge in [0.1, 0.15) is 12.4 Å². The summed E-state index contributed by atoms with van der Waals surface area (Å²) in [4.78, 5) is 0.